The lowest BCUT2D eigenvalue weighted by molar-refractivity contribution is 0.0388. The summed E-state index contributed by atoms with van der Waals surface area (Å²) < 4.78 is 34.4. The van der Waals surface area contributed by atoms with E-state index in [1.54, 1.807) is 66.4 Å². The molecule has 0 fully saturated rings. The number of ether oxygens (including phenoxy) is 1. The molecule has 4 rings (SSSR count). The molecule has 1 aliphatic heterocycles. The SMILES string of the molecule is Cc1ccc(S(=O)(=O)N(C)C[C@@H]2Oc3c(NC(=O)c4ccncc4)cccc3C(=O)N([C@@H](C)CO)C[C@@H]2C)cc1. The van der Waals surface area contributed by atoms with Crippen molar-refractivity contribution in [2.45, 2.75) is 37.8 Å². The van der Waals surface area contributed by atoms with Gasteiger partial charge in [-0.3, -0.25) is 14.6 Å². The summed E-state index contributed by atoms with van der Waals surface area (Å²) in [6, 6.07) is 14.1. The third-order valence-electron chi connectivity index (χ3n) is 7.05. The number of sulfonamides is 1. The molecule has 0 bridgehead atoms. The number of amides is 2. The van der Waals surface area contributed by atoms with Crippen LogP contribution in [0.3, 0.4) is 0 Å². The molecule has 212 valence electrons. The highest BCUT2D eigenvalue weighted by Crippen LogP contribution is 2.35. The second kappa shape index (κ2) is 12.2. The zero-order chi connectivity index (χ0) is 29.0. The summed E-state index contributed by atoms with van der Waals surface area (Å²) in [5.41, 5.74) is 1.79. The number of hydrogen-bond donors (Lipinski definition) is 2. The molecule has 0 saturated heterocycles. The number of nitrogens with zero attached hydrogens (tertiary/aromatic N) is 3. The molecule has 3 atom stereocenters. The van der Waals surface area contributed by atoms with Crippen LogP contribution >= 0.6 is 0 Å². The highest BCUT2D eigenvalue weighted by Gasteiger charge is 2.36. The zero-order valence-electron chi connectivity index (χ0n) is 22.9. The number of anilines is 1. The Bertz CT molecular complexity index is 1460. The number of likely N-dealkylation sites (N-methyl/N-ethyl adjacent to an activating group) is 1. The minimum Gasteiger partial charge on any atom is -0.486 e. The molecule has 0 saturated carbocycles. The number of carbonyl (C=O) groups excluding carboxylic acids is 2. The van der Waals surface area contributed by atoms with Crippen LogP contribution < -0.4 is 10.1 Å². The minimum absolute atomic E-state index is 0.0149. The summed E-state index contributed by atoms with van der Waals surface area (Å²) in [4.78, 5) is 32.3. The number of nitrogens with one attached hydrogen (secondary N) is 1. The first kappa shape index (κ1) is 29.2. The van der Waals surface area contributed by atoms with Crippen molar-refractivity contribution in [3.63, 3.8) is 0 Å². The second-order valence-electron chi connectivity index (χ2n) is 10.1. The molecule has 2 N–H and O–H groups in total. The Morgan fingerprint density at radius 1 is 1.18 bits per heavy atom. The molecular formula is C29H34N4O6S. The fraction of sp³-hybridized carbons (Fsp3) is 0.345. The van der Waals surface area contributed by atoms with Crippen LogP contribution in [0.2, 0.25) is 0 Å². The third kappa shape index (κ3) is 6.16. The van der Waals surface area contributed by atoms with Crippen LogP contribution in [-0.4, -0.2) is 78.4 Å². The third-order valence-corrected chi connectivity index (χ3v) is 8.89. The van der Waals surface area contributed by atoms with Gasteiger partial charge < -0.3 is 20.1 Å². The molecule has 0 radical (unpaired) electrons. The van der Waals surface area contributed by atoms with Crippen molar-refractivity contribution in [2.24, 2.45) is 5.92 Å². The van der Waals surface area contributed by atoms with Crippen molar-refractivity contribution >= 4 is 27.5 Å². The standard InChI is InChI=1S/C29H34N4O6S/c1-19-8-10-23(11-9-19)40(37,38)32(4)17-26-20(2)16-33(21(3)18-34)29(36)24-6-5-7-25(27(24)39-26)31-28(35)22-12-14-30-15-13-22/h5-15,20-21,26,34H,16-18H2,1-4H3,(H,31,35)/t20-,21-,26-/m0/s1. The Kier molecular flexibility index (Phi) is 8.87. The van der Waals surface area contributed by atoms with Crippen LogP contribution in [0, 0.1) is 12.8 Å². The van der Waals surface area contributed by atoms with E-state index in [0.29, 0.717) is 5.56 Å². The van der Waals surface area contributed by atoms with Crippen LogP contribution in [0.15, 0.2) is 71.9 Å². The van der Waals surface area contributed by atoms with Gasteiger partial charge >= 0.3 is 0 Å². The van der Waals surface area contributed by atoms with Crippen molar-refractivity contribution in [1.29, 1.82) is 0 Å². The van der Waals surface area contributed by atoms with Gasteiger partial charge in [0.1, 0.15) is 6.10 Å². The Morgan fingerprint density at radius 2 is 1.85 bits per heavy atom. The predicted octanol–water partition coefficient (Wildman–Crippen LogP) is 3.18. The van der Waals surface area contributed by atoms with E-state index in [1.165, 1.54) is 23.7 Å². The number of fused-ring (bicyclic) bond motifs is 1. The Morgan fingerprint density at radius 3 is 2.50 bits per heavy atom. The maximum Gasteiger partial charge on any atom is 0.258 e. The van der Waals surface area contributed by atoms with Crippen LogP contribution in [0.25, 0.3) is 0 Å². The molecule has 2 amide bonds. The summed E-state index contributed by atoms with van der Waals surface area (Å²) in [6.07, 6.45) is 2.31. The summed E-state index contributed by atoms with van der Waals surface area (Å²) in [6.45, 7) is 5.46. The van der Waals surface area contributed by atoms with E-state index in [4.69, 9.17) is 4.74 Å². The predicted molar refractivity (Wildman–Crippen MR) is 151 cm³/mol. The van der Waals surface area contributed by atoms with Crippen molar-refractivity contribution < 1.29 is 27.9 Å². The maximum absolute atomic E-state index is 13.7. The molecule has 3 aromatic rings. The molecule has 0 spiro atoms. The smallest absolute Gasteiger partial charge is 0.258 e. The van der Waals surface area contributed by atoms with E-state index < -0.39 is 28.1 Å². The van der Waals surface area contributed by atoms with Crippen LogP contribution in [0.5, 0.6) is 5.75 Å². The summed E-state index contributed by atoms with van der Waals surface area (Å²) >= 11 is 0. The van der Waals surface area contributed by atoms with E-state index >= 15 is 0 Å². The van der Waals surface area contributed by atoms with Crippen LogP contribution in [0.1, 0.15) is 40.1 Å². The quantitative estimate of drug-likeness (QED) is 0.428. The number of aliphatic hydroxyl groups excluding tert-OH is 1. The fourth-order valence-electron chi connectivity index (χ4n) is 4.50. The van der Waals surface area contributed by atoms with Gasteiger partial charge in [0.2, 0.25) is 10.0 Å². The van der Waals surface area contributed by atoms with E-state index in [9.17, 15) is 23.1 Å². The van der Waals surface area contributed by atoms with Gasteiger partial charge in [0, 0.05) is 37.5 Å². The van der Waals surface area contributed by atoms with E-state index in [2.05, 4.69) is 10.3 Å². The van der Waals surface area contributed by atoms with Gasteiger partial charge in [-0.2, -0.15) is 4.31 Å². The van der Waals surface area contributed by atoms with Gasteiger partial charge in [-0.15, -0.1) is 0 Å². The zero-order valence-corrected chi connectivity index (χ0v) is 23.8. The maximum atomic E-state index is 13.7. The lowest BCUT2D eigenvalue weighted by Gasteiger charge is -2.38. The highest BCUT2D eigenvalue weighted by molar-refractivity contribution is 7.89. The lowest BCUT2D eigenvalue weighted by Crippen LogP contribution is -2.50. The number of hydrogen-bond acceptors (Lipinski definition) is 7. The number of benzene rings is 2. The fourth-order valence-corrected chi connectivity index (χ4v) is 5.68. The summed E-state index contributed by atoms with van der Waals surface area (Å²) in [7, 11) is -2.34. The van der Waals surface area contributed by atoms with Gasteiger partial charge in [-0.25, -0.2) is 8.42 Å². The van der Waals surface area contributed by atoms with Crippen LogP contribution in [-0.2, 0) is 10.0 Å². The first-order valence-electron chi connectivity index (χ1n) is 13.0. The lowest BCUT2D eigenvalue weighted by atomic mass is 9.99. The number of aliphatic hydroxyl groups is 1. The number of pyridine rings is 1. The van der Waals surface area contributed by atoms with Crippen molar-refractivity contribution in [3.8, 4) is 5.75 Å². The second-order valence-corrected chi connectivity index (χ2v) is 12.1. The average Bonchev–Trinajstić information content (AvgIpc) is 2.95. The monoisotopic (exact) mass is 566 g/mol. The molecule has 40 heavy (non-hydrogen) atoms. The molecule has 1 aromatic heterocycles. The van der Waals surface area contributed by atoms with Gasteiger partial charge in [0.05, 0.1) is 35.3 Å². The van der Waals surface area contributed by atoms with Gasteiger partial charge in [0.25, 0.3) is 11.8 Å². The average molecular weight is 567 g/mol. The first-order chi connectivity index (χ1) is 19.0. The molecule has 0 unspecified atom stereocenters. The van der Waals surface area contributed by atoms with Crippen molar-refractivity contribution in [2.75, 3.05) is 32.1 Å². The number of para-hydroxylation sites is 1. The van der Waals surface area contributed by atoms with E-state index in [1.807, 2.05) is 13.8 Å². The Balaban J connectivity index is 1.72. The van der Waals surface area contributed by atoms with Crippen molar-refractivity contribution in [3.05, 3.63) is 83.7 Å². The molecule has 2 aromatic carbocycles. The number of aromatic nitrogens is 1. The van der Waals surface area contributed by atoms with Gasteiger partial charge in [0.15, 0.2) is 5.75 Å². The summed E-state index contributed by atoms with van der Waals surface area (Å²) in [5.74, 6) is -0.964. The summed E-state index contributed by atoms with van der Waals surface area (Å²) in [5, 5.41) is 12.7. The molecular weight excluding hydrogens is 532 g/mol. The molecule has 11 heteroatoms. The topological polar surface area (TPSA) is 129 Å². The Labute approximate surface area is 234 Å². The normalized spacial score (nSPS) is 18.4. The minimum atomic E-state index is -3.83. The number of carbonyl (C=O) groups is 2. The van der Waals surface area contributed by atoms with Crippen molar-refractivity contribution in [1.82, 2.24) is 14.2 Å². The number of rotatable bonds is 8. The molecule has 2 heterocycles. The van der Waals surface area contributed by atoms with Crippen LogP contribution in [0.4, 0.5) is 5.69 Å². The van der Waals surface area contributed by atoms with E-state index in [-0.39, 0.29) is 53.4 Å². The molecule has 10 nitrogen and oxygen atoms in total. The largest absolute Gasteiger partial charge is 0.486 e. The van der Waals surface area contributed by atoms with E-state index in [0.717, 1.165) is 5.56 Å². The Hall–Kier alpha value is -3.80. The number of aryl methyl sites for hydroxylation is 1. The molecule has 0 aliphatic carbocycles. The highest BCUT2D eigenvalue weighted by atomic mass is 32.2. The van der Waals surface area contributed by atoms with Gasteiger partial charge in [-0.05, 0) is 50.2 Å². The van der Waals surface area contributed by atoms with Gasteiger partial charge in [-0.1, -0.05) is 30.7 Å². The molecule has 1 aliphatic rings. The first-order valence-corrected chi connectivity index (χ1v) is 14.4.